The summed E-state index contributed by atoms with van der Waals surface area (Å²) in [6.07, 6.45) is 2.53. The molecule has 2 amide bonds. The highest BCUT2D eigenvalue weighted by molar-refractivity contribution is 6.03. The van der Waals surface area contributed by atoms with Gasteiger partial charge in [0.25, 0.3) is 0 Å². The summed E-state index contributed by atoms with van der Waals surface area (Å²) in [5.74, 6) is 8.51. The topological polar surface area (TPSA) is 136 Å². The molecule has 4 N–H and O–H groups in total. The number of ether oxygens (including phenoxy) is 1. The van der Waals surface area contributed by atoms with Gasteiger partial charge in [-0.3, -0.25) is 9.59 Å². The fourth-order valence-corrected chi connectivity index (χ4v) is 5.73. The number of nitrogens with one attached hydrogen (secondary N) is 1. The van der Waals surface area contributed by atoms with Crippen LogP contribution in [0.15, 0.2) is 73.6 Å². The summed E-state index contributed by atoms with van der Waals surface area (Å²) in [7, 11) is 1.91. The number of hydrogen-bond donors (Lipinski definition) is 3. The molecule has 2 aromatic heterocycles. The van der Waals surface area contributed by atoms with Gasteiger partial charge in [0.05, 0.1) is 12.0 Å². The molecule has 10 heteroatoms. The maximum Gasteiger partial charge on any atom is 0.247 e. The van der Waals surface area contributed by atoms with Crippen molar-refractivity contribution in [1.82, 2.24) is 24.8 Å². The van der Waals surface area contributed by atoms with Gasteiger partial charge in [0.2, 0.25) is 11.8 Å². The number of fused-ring (bicyclic) bond motifs is 2. The number of amides is 2. The number of para-hydroxylation sites is 1. The highest BCUT2D eigenvalue weighted by Crippen LogP contribution is 2.51. The molecule has 10 nitrogen and oxygen atoms in total. The predicted octanol–water partition coefficient (Wildman–Crippen LogP) is 2.73. The minimum Gasteiger partial charge on any atom is -0.457 e. The monoisotopic (exact) mass is 562 g/mol. The molecule has 0 spiro atoms. The first kappa shape index (κ1) is 27.1. The van der Waals surface area contributed by atoms with Crippen molar-refractivity contribution in [3.05, 3.63) is 79.3 Å². The third-order valence-electron chi connectivity index (χ3n) is 7.96. The number of aliphatic hydroxyl groups is 1. The lowest BCUT2D eigenvalue weighted by Gasteiger charge is -2.24. The normalized spacial score (nSPS) is 19.4. The molecule has 42 heavy (non-hydrogen) atoms. The van der Waals surface area contributed by atoms with Crippen molar-refractivity contribution in [3.8, 4) is 34.5 Å². The van der Waals surface area contributed by atoms with E-state index in [9.17, 15) is 14.7 Å². The average Bonchev–Trinajstić information content (AvgIpc) is 3.31. The number of aryl methyl sites for hydroxylation is 1. The summed E-state index contributed by atoms with van der Waals surface area (Å²) in [6, 6.07) is 16.4. The minimum atomic E-state index is -0.980. The number of likely N-dealkylation sites (tertiary alicyclic amines) is 1. The van der Waals surface area contributed by atoms with E-state index in [4.69, 9.17) is 10.5 Å². The molecule has 1 saturated carbocycles. The van der Waals surface area contributed by atoms with E-state index in [1.807, 2.05) is 66.2 Å². The van der Waals surface area contributed by atoms with Crippen molar-refractivity contribution < 1.29 is 19.4 Å². The standard InChI is InChI=1S/C32H30N6O4/c1-3-27(40)36-25(17-39)32(41)38-15-23-22(24(23)16-38)13-14-26-28(29-30(33)34-18-35-31(29)37(26)2)19-9-11-21(12-10-19)42-20-7-5-4-6-8-20/h3-12,18,22-25,39H,1,15-17H2,2H3,(H,36,40)(H2,33,34,35)/t22-,23-,24+,25-/m0/s1. The van der Waals surface area contributed by atoms with Crippen molar-refractivity contribution in [1.29, 1.82) is 0 Å². The van der Waals surface area contributed by atoms with Gasteiger partial charge in [-0.05, 0) is 53.7 Å². The largest absolute Gasteiger partial charge is 0.457 e. The van der Waals surface area contributed by atoms with E-state index in [0.29, 0.717) is 30.3 Å². The molecular weight excluding hydrogens is 532 g/mol. The summed E-state index contributed by atoms with van der Waals surface area (Å²) in [4.78, 5) is 34.9. The minimum absolute atomic E-state index is 0.139. The van der Waals surface area contributed by atoms with Gasteiger partial charge in [-0.2, -0.15) is 0 Å². The Morgan fingerprint density at radius 3 is 2.50 bits per heavy atom. The van der Waals surface area contributed by atoms with E-state index in [1.54, 1.807) is 4.90 Å². The molecule has 1 saturated heterocycles. The third kappa shape index (κ3) is 4.95. The number of aromatic nitrogens is 3. The van der Waals surface area contributed by atoms with Gasteiger partial charge in [0.15, 0.2) is 0 Å². The van der Waals surface area contributed by atoms with Gasteiger partial charge in [0.1, 0.15) is 41.0 Å². The average molecular weight is 563 g/mol. The Balaban J connectivity index is 1.24. The number of piperidine rings is 1. The number of hydrogen-bond acceptors (Lipinski definition) is 7. The lowest BCUT2D eigenvalue weighted by atomic mass is 10.0. The Morgan fingerprint density at radius 1 is 1.14 bits per heavy atom. The molecule has 2 fully saturated rings. The van der Waals surface area contributed by atoms with Crippen LogP contribution in [0.5, 0.6) is 11.5 Å². The van der Waals surface area contributed by atoms with Crippen LogP contribution < -0.4 is 15.8 Å². The zero-order valence-electron chi connectivity index (χ0n) is 23.0. The smallest absolute Gasteiger partial charge is 0.247 e. The molecule has 2 aromatic carbocycles. The number of rotatable bonds is 7. The quantitative estimate of drug-likeness (QED) is 0.233. The number of benzene rings is 2. The molecular formula is C32H30N6O4. The third-order valence-corrected chi connectivity index (χ3v) is 7.96. The zero-order chi connectivity index (χ0) is 29.4. The Hall–Kier alpha value is -5.14. The number of nitrogens with two attached hydrogens (primary N) is 1. The van der Waals surface area contributed by atoms with E-state index >= 15 is 0 Å². The molecule has 2 aliphatic rings. The number of aliphatic hydroxyl groups excluding tert-OH is 1. The second-order valence-corrected chi connectivity index (χ2v) is 10.5. The molecule has 212 valence electrons. The second kappa shape index (κ2) is 11.0. The fraction of sp³-hybridized carbons (Fsp3) is 0.250. The van der Waals surface area contributed by atoms with Gasteiger partial charge in [0, 0.05) is 31.6 Å². The van der Waals surface area contributed by atoms with Crippen molar-refractivity contribution in [3.63, 3.8) is 0 Å². The molecule has 3 heterocycles. The summed E-state index contributed by atoms with van der Waals surface area (Å²) in [5.41, 5.74) is 9.58. The van der Waals surface area contributed by atoms with Gasteiger partial charge >= 0.3 is 0 Å². The van der Waals surface area contributed by atoms with Crippen LogP contribution >= 0.6 is 0 Å². The van der Waals surface area contributed by atoms with Crippen LogP contribution in [0.3, 0.4) is 0 Å². The van der Waals surface area contributed by atoms with Gasteiger partial charge in [-0.25, -0.2) is 9.97 Å². The Morgan fingerprint density at radius 2 is 1.83 bits per heavy atom. The zero-order valence-corrected chi connectivity index (χ0v) is 23.0. The highest BCUT2D eigenvalue weighted by atomic mass is 16.5. The fourth-order valence-electron chi connectivity index (χ4n) is 5.73. The molecule has 4 atom stereocenters. The number of carbonyl (C=O) groups excluding carboxylic acids is 2. The van der Waals surface area contributed by atoms with Crippen molar-refractivity contribution in [2.24, 2.45) is 24.8 Å². The molecule has 1 aliphatic heterocycles. The number of nitrogens with zero attached hydrogens (tertiary/aromatic N) is 4. The van der Waals surface area contributed by atoms with E-state index in [-0.39, 0.29) is 23.7 Å². The van der Waals surface area contributed by atoms with Crippen LogP contribution in [-0.2, 0) is 16.6 Å². The summed E-state index contributed by atoms with van der Waals surface area (Å²) in [6.45, 7) is 3.99. The number of nitrogen functional groups attached to an aromatic ring is 1. The molecule has 1 aliphatic carbocycles. The van der Waals surface area contributed by atoms with Crippen LogP contribution in [0.25, 0.3) is 22.2 Å². The van der Waals surface area contributed by atoms with E-state index in [1.165, 1.54) is 6.33 Å². The lowest BCUT2D eigenvalue weighted by molar-refractivity contribution is -0.136. The van der Waals surface area contributed by atoms with E-state index in [0.717, 1.165) is 34.0 Å². The SMILES string of the molecule is C=CC(=O)N[C@@H](CO)C(=O)N1C[C@@H]2[C@@H](C#Cc3c(-c4ccc(Oc5ccccc5)cc4)c4c(N)ncnc4n3C)[C@@H]2C1. The van der Waals surface area contributed by atoms with Crippen LogP contribution in [-0.4, -0.2) is 62.1 Å². The van der Waals surface area contributed by atoms with Gasteiger partial charge in [-0.15, -0.1) is 0 Å². The Kier molecular flexibility index (Phi) is 7.10. The Labute approximate surface area is 242 Å². The predicted molar refractivity (Wildman–Crippen MR) is 158 cm³/mol. The molecule has 0 unspecified atom stereocenters. The molecule has 0 radical (unpaired) electrons. The van der Waals surface area contributed by atoms with Crippen LogP contribution in [0, 0.1) is 29.6 Å². The van der Waals surface area contributed by atoms with Crippen LogP contribution in [0.2, 0.25) is 0 Å². The maximum atomic E-state index is 12.8. The van der Waals surface area contributed by atoms with Gasteiger partial charge < -0.3 is 30.4 Å². The molecule has 4 aromatic rings. The lowest BCUT2D eigenvalue weighted by Crippen LogP contribution is -2.50. The van der Waals surface area contributed by atoms with Crippen LogP contribution in [0.1, 0.15) is 5.69 Å². The summed E-state index contributed by atoms with van der Waals surface area (Å²) >= 11 is 0. The highest BCUT2D eigenvalue weighted by Gasteiger charge is 2.56. The van der Waals surface area contributed by atoms with Crippen molar-refractivity contribution in [2.45, 2.75) is 6.04 Å². The first-order chi connectivity index (χ1) is 20.4. The summed E-state index contributed by atoms with van der Waals surface area (Å²) in [5, 5.41) is 12.8. The first-order valence-electron chi connectivity index (χ1n) is 13.7. The van der Waals surface area contributed by atoms with E-state index in [2.05, 4.69) is 33.7 Å². The summed E-state index contributed by atoms with van der Waals surface area (Å²) < 4.78 is 7.90. The van der Waals surface area contributed by atoms with Crippen molar-refractivity contribution in [2.75, 3.05) is 25.4 Å². The maximum absolute atomic E-state index is 12.8. The Bertz CT molecular complexity index is 1730. The van der Waals surface area contributed by atoms with E-state index < -0.39 is 18.6 Å². The van der Waals surface area contributed by atoms with Crippen LogP contribution in [0.4, 0.5) is 5.82 Å². The second-order valence-electron chi connectivity index (χ2n) is 10.5. The van der Waals surface area contributed by atoms with Gasteiger partial charge in [-0.1, -0.05) is 42.8 Å². The number of carbonyl (C=O) groups is 2. The first-order valence-corrected chi connectivity index (χ1v) is 13.7. The number of anilines is 1. The molecule has 0 bridgehead atoms. The van der Waals surface area contributed by atoms with Crippen molar-refractivity contribution >= 4 is 28.7 Å². The molecule has 6 rings (SSSR count).